The predicted octanol–water partition coefficient (Wildman–Crippen LogP) is 2.44. The molecule has 2 rings (SSSR count). The Balaban J connectivity index is 2.68. The van der Waals surface area contributed by atoms with Crippen molar-refractivity contribution >= 4 is 5.78 Å². The normalized spacial score (nSPS) is 14.4. The minimum absolute atomic E-state index is 0.251. The lowest BCUT2D eigenvalue weighted by atomic mass is 9.98. The van der Waals surface area contributed by atoms with E-state index in [1.54, 1.807) is 7.11 Å². The SMILES string of the molecule is COc1cc2c(c(C)c1C)CCC2=O. The quantitative estimate of drug-likeness (QED) is 0.680. The van der Waals surface area contributed by atoms with Crippen molar-refractivity contribution in [2.24, 2.45) is 0 Å². The fraction of sp³-hybridized carbons (Fsp3) is 0.417. The maximum absolute atomic E-state index is 11.5. The standard InChI is InChI=1S/C12H14O2/c1-7-8(2)12(14-3)6-10-9(7)4-5-11(10)13/h6H,4-5H2,1-3H3. The highest BCUT2D eigenvalue weighted by atomic mass is 16.5. The van der Waals surface area contributed by atoms with Crippen molar-refractivity contribution in [3.8, 4) is 5.75 Å². The van der Waals surface area contributed by atoms with Gasteiger partial charge in [0, 0.05) is 12.0 Å². The molecule has 0 atom stereocenters. The molecule has 0 unspecified atom stereocenters. The molecule has 2 nitrogen and oxygen atoms in total. The number of carbonyl (C=O) groups excluding carboxylic acids is 1. The van der Waals surface area contributed by atoms with Crippen LogP contribution in [0.1, 0.15) is 33.5 Å². The molecule has 0 heterocycles. The zero-order valence-corrected chi connectivity index (χ0v) is 8.81. The van der Waals surface area contributed by atoms with Gasteiger partial charge in [-0.05, 0) is 43.0 Å². The number of hydrogen-bond donors (Lipinski definition) is 0. The third kappa shape index (κ3) is 1.14. The molecule has 1 aliphatic rings. The van der Waals surface area contributed by atoms with Gasteiger partial charge in [0.15, 0.2) is 5.78 Å². The molecular weight excluding hydrogens is 176 g/mol. The average molecular weight is 190 g/mol. The second-order valence-electron chi connectivity index (χ2n) is 3.78. The van der Waals surface area contributed by atoms with Crippen LogP contribution in [0.4, 0.5) is 0 Å². The van der Waals surface area contributed by atoms with Crippen molar-refractivity contribution in [1.82, 2.24) is 0 Å². The van der Waals surface area contributed by atoms with Crippen LogP contribution in [0.25, 0.3) is 0 Å². The van der Waals surface area contributed by atoms with Gasteiger partial charge in [-0.15, -0.1) is 0 Å². The molecule has 1 aromatic carbocycles. The lowest BCUT2D eigenvalue weighted by Crippen LogP contribution is -1.98. The maximum Gasteiger partial charge on any atom is 0.163 e. The van der Waals surface area contributed by atoms with Crippen molar-refractivity contribution in [1.29, 1.82) is 0 Å². The number of carbonyl (C=O) groups is 1. The first-order valence-electron chi connectivity index (χ1n) is 4.85. The van der Waals surface area contributed by atoms with E-state index in [1.807, 2.05) is 13.0 Å². The fourth-order valence-corrected chi connectivity index (χ4v) is 2.10. The molecule has 1 aliphatic carbocycles. The van der Waals surface area contributed by atoms with E-state index >= 15 is 0 Å². The number of fused-ring (bicyclic) bond motifs is 1. The molecule has 0 N–H and O–H groups in total. The summed E-state index contributed by atoms with van der Waals surface area (Å²) in [5, 5.41) is 0. The Hall–Kier alpha value is -1.31. The summed E-state index contributed by atoms with van der Waals surface area (Å²) in [6.07, 6.45) is 1.55. The molecule has 0 bridgehead atoms. The molecule has 0 aromatic heterocycles. The van der Waals surface area contributed by atoms with Crippen LogP contribution < -0.4 is 4.74 Å². The molecular formula is C12H14O2. The second kappa shape index (κ2) is 3.12. The summed E-state index contributed by atoms with van der Waals surface area (Å²) < 4.78 is 5.25. The topological polar surface area (TPSA) is 26.3 Å². The third-order valence-electron chi connectivity index (χ3n) is 3.11. The zero-order valence-electron chi connectivity index (χ0n) is 8.81. The van der Waals surface area contributed by atoms with Gasteiger partial charge in [-0.3, -0.25) is 4.79 Å². The molecule has 0 spiro atoms. The van der Waals surface area contributed by atoms with Crippen LogP contribution in [0.3, 0.4) is 0 Å². The minimum Gasteiger partial charge on any atom is -0.496 e. The largest absolute Gasteiger partial charge is 0.496 e. The molecule has 74 valence electrons. The van der Waals surface area contributed by atoms with Crippen molar-refractivity contribution in [2.45, 2.75) is 26.7 Å². The van der Waals surface area contributed by atoms with E-state index in [2.05, 4.69) is 6.92 Å². The summed E-state index contributed by atoms with van der Waals surface area (Å²) in [6, 6.07) is 1.88. The lowest BCUT2D eigenvalue weighted by molar-refractivity contribution is 0.0994. The summed E-state index contributed by atoms with van der Waals surface area (Å²) in [5.41, 5.74) is 4.45. The van der Waals surface area contributed by atoms with Crippen LogP contribution in [-0.4, -0.2) is 12.9 Å². The van der Waals surface area contributed by atoms with E-state index in [1.165, 1.54) is 11.1 Å². The smallest absolute Gasteiger partial charge is 0.163 e. The van der Waals surface area contributed by atoms with Crippen molar-refractivity contribution in [2.75, 3.05) is 7.11 Å². The van der Waals surface area contributed by atoms with E-state index in [-0.39, 0.29) is 5.78 Å². The first kappa shape index (κ1) is 9.25. The Morgan fingerprint density at radius 2 is 1.93 bits per heavy atom. The van der Waals surface area contributed by atoms with Crippen LogP contribution in [0, 0.1) is 13.8 Å². The van der Waals surface area contributed by atoms with Crippen LogP contribution in [-0.2, 0) is 6.42 Å². The summed E-state index contributed by atoms with van der Waals surface area (Å²) in [4.78, 5) is 11.5. The molecule has 0 saturated heterocycles. The summed E-state index contributed by atoms with van der Waals surface area (Å²) in [7, 11) is 1.65. The highest BCUT2D eigenvalue weighted by Crippen LogP contribution is 2.33. The van der Waals surface area contributed by atoms with E-state index in [0.29, 0.717) is 6.42 Å². The average Bonchev–Trinajstić information content (AvgIpc) is 2.54. The fourth-order valence-electron chi connectivity index (χ4n) is 2.10. The Bertz CT molecular complexity index is 405. The number of hydrogen-bond acceptors (Lipinski definition) is 2. The molecule has 0 aliphatic heterocycles. The van der Waals surface area contributed by atoms with E-state index in [4.69, 9.17) is 4.74 Å². The van der Waals surface area contributed by atoms with Gasteiger partial charge < -0.3 is 4.74 Å². The first-order chi connectivity index (χ1) is 6.65. The Labute approximate surface area is 83.9 Å². The summed E-state index contributed by atoms with van der Waals surface area (Å²) in [5.74, 6) is 1.08. The monoisotopic (exact) mass is 190 g/mol. The highest BCUT2D eigenvalue weighted by Gasteiger charge is 2.23. The van der Waals surface area contributed by atoms with Crippen LogP contribution >= 0.6 is 0 Å². The number of benzene rings is 1. The van der Waals surface area contributed by atoms with Gasteiger partial charge in [-0.25, -0.2) is 0 Å². The number of ketones is 1. The van der Waals surface area contributed by atoms with E-state index in [0.717, 1.165) is 23.3 Å². The lowest BCUT2D eigenvalue weighted by Gasteiger charge is -2.11. The second-order valence-corrected chi connectivity index (χ2v) is 3.78. The molecule has 0 radical (unpaired) electrons. The van der Waals surface area contributed by atoms with Crippen molar-refractivity contribution in [3.63, 3.8) is 0 Å². The maximum atomic E-state index is 11.5. The van der Waals surface area contributed by atoms with Gasteiger partial charge in [0.2, 0.25) is 0 Å². The molecule has 0 amide bonds. The Kier molecular flexibility index (Phi) is 2.06. The molecule has 14 heavy (non-hydrogen) atoms. The van der Waals surface area contributed by atoms with Gasteiger partial charge >= 0.3 is 0 Å². The van der Waals surface area contributed by atoms with E-state index < -0.39 is 0 Å². The number of rotatable bonds is 1. The van der Waals surface area contributed by atoms with Gasteiger partial charge in [0.25, 0.3) is 0 Å². The number of ether oxygens (including phenoxy) is 1. The van der Waals surface area contributed by atoms with Crippen LogP contribution in [0.5, 0.6) is 5.75 Å². The van der Waals surface area contributed by atoms with Gasteiger partial charge in [0.05, 0.1) is 7.11 Å². The Morgan fingerprint density at radius 3 is 2.57 bits per heavy atom. The van der Waals surface area contributed by atoms with Gasteiger partial charge in [-0.2, -0.15) is 0 Å². The zero-order chi connectivity index (χ0) is 10.3. The van der Waals surface area contributed by atoms with Crippen molar-refractivity contribution in [3.05, 3.63) is 28.3 Å². The van der Waals surface area contributed by atoms with Gasteiger partial charge in [-0.1, -0.05) is 0 Å². The van der Waals surface area contributed by atoms with Gasteiger partial charge in [0.1, 0.15) is 5.75 Å². The molecule has 2 heteroatoms. The number of methoxy groups -OCH3 is 1. The Morgan fingerprint density at radius 1 is 1.21 bits per heavy atom. The number of Topliss-reactive ketones (excluding diaryl/α,β-unsaturated/α-hetero) is 1. The first-order valence-corrected chi connectivity index (χ1v) is 4.85. The van der Waals surface area contributed by atoms with Crippen LogP contribution in [0.2, 0.25) is 0 Å². The highest BCUT2D eigenvalue weighted by molar-refractivity contribution is 6.01. The summed E-state index contributed by atoms with van der Waals surface area (Å²) in [6.45, 7) is 4.10. The third-order valence-corrected chi connectivity index (χ3v) is 3.11. The predicted molar refractivity (Wildman–Crippen MR) is 55.1 cm³/mol. The molecule has 1 aromatic rings. The molecule has 0 fully saturated rings. The van der Waals surface area contributed by atoms with Crippen molar-refractivity contribution < 1.29 is 9.53 Å². The molecule has 0 saturated carbocycles. The summed E-state index contributed by atoms with van der Waals surface area (Å²) >= 11 is 0. The van der Waals surface area contributed by atoms with E-state index in [9.17, 15) is 4.79 Å². The van der Waals surface area contributed by atoms with Crippen LogP contribution in [0.15, 0.2) is 6.07 Å². The minimum atomic E-state index is 0.251.